The summed E-state index contributed by atoms with van der Waals surface area (Å²) >= 11 is 0. The Morgan fingerprint density at radius 2 is 1.60 bits per heavy atom. The van der Waals surface area contributed by atoms with Crippen molar-refractivity contribution in [3.63, 3.8) is 0 Å². The molecule has 2 aromatic rings. The van der Waals surface area contributed by atoms with E-state index in [1.807, 2.05) is 0 Å². The SMILES string of the molecule is NCc1ccc(NC(=O)Nc2c(F)cccc2F)cc1. The highest BCUT2D eigenvalue weighted by molar-refractivity contribution is 5.99. The van der Waals surface area contributed by atoms with Crippen LogP contribution in [0.5, 0.6) is 0 Å². The van der Waals surface area contributed by atoms with E-state index < -0.39 is 23.4 Å². The number of nitrogens with one attached hydrogen (secondary N) is 2. The first-order valence-corrected chi connectivity index (χ1v) is 5.91. The standard InChI is InChI=1S/C14H13F2N3O/c15-11-2-1-3-12(16)13(11)19-14(20)18-10-6-4-9(8-17)5-7-10/h1-7H,8,17H2,(H2,18,19,20). The van der Waals surface area contributed by atoms with E-state index in [0.29, 0.717) is 12.2 Å². The monoisotopic (exact) mass is 277 g/mol. The lowest BCUT2D eigenvalue weighted by Crippen LogP contribution is -2.21. The molecule has 0 radical (unpaired) electrons. The highest BCUT2D eigenvalue weighted by Gasteiger charge is 2.11. The van der Waals surface area contributed by atoms with Gasteiger partial charge in [-0.3, -0.25) is 0 Å². The van der Waals surface area contributed by atoms with E-state index in [-0.39, 0.29) is 0 Å². The zero-order chi connectivity index (χ0) is 14.5. The lowest BCUT2D eigenvalue weighted by atomic mass is 10.2. The molecule has 20 heavy (non-hydrogen) atoms. The van der Waals surface area contributed by atoms with Crippen LogP contribution < -0.4 is 16.4 Å². The van der Waals surface area contributed by atoms with Gasteiger partial charge in [-0.15, -0.1) is 0 Å². The quantitative estimate of drug-likeness (QED) is 0.807. The van der Waals surface area contributed by atoms with Crippen molar-refractivity contribution in [3.05, 3.63) is 59.7 Å². The predicted molar refractivity (Wildman–Crippen MR) is 73.3 cm³/mol. The number of nitrogens with two attached hydrogens (primary N) is 1. The third-order valence-corrected chi connectivity index (χ3v) is 2.65. The summed E-state index contributed by atoms with van der Waals surface area (Å²) in [5.41, 5.74) is 6.38. The van der Waals surface area contributed by atoms with Crippen LogP contribution in [0.1, 0.15) is 5.56 Å². The molecule has 0 bridgehead atoms. The molecule has 0 aliphatic carbocycles. The number of hydrogen-bond donors (Lipinski definition) is 3. The number of carbonyl (C=O) groups is 1. The highest BCUT2D eigenvalue weighted by Crippen LogP contribution is 2.18. The molecule has 0 aromatic heterocycles. The molecule has 4 N–H and O–H groups in total. The maximum atomic E-state index is 13.4. The molecule has 0 spiro atoms. The van der Waals surface area contributed by atoms with Gasteiger partial charge in [0.15, 0.2) is 0 Å². The zero-order valence-electron chi connectivity index (χ0n) is 10.5. The Bertz CT molecular complexity index is 594. The first-order chi connectivity index (χ1) is 9.60. The van der Waals surface area contributed by atoms with Gasteiger partial charge in [-0.05, 0) is 29.8 Å². The van der Waals surface area contributed by atoms with E-state index >= 15 is 0 Å². The molecule has 2 amide bonds. The third-order valence-electron chi connectivity index (χ3n) is 2.65. The molecular weight excluding hydrogens is 264 g/mol. The van der Waals surface area contributed by atoms with E-state index in [2.05, 4.69) is 10.6 Å². The third kappa shape index (κ3) is 3.30. The van der Waals surface area contributed by atoms with Gasteiger partial charge in [0, 0.05) is 12.2 Å². The molecule has 4 nitrogen and oxygen atoms in total. The minimum absolute atomic E-state index is 0.396. The largest absolute Gasteiger partial charge is 0.326 e. The topological polar surface area (TPSA) is 67.1 Å². The molecule has 0 unspecified atom stereocenters. The summed E-state index contributed by atoms with van der Waals surface area (Å²) in [5.74, 6) is -1.67. The molecule has 6 heteroatoms. The molecule has 104 valence electrons. The lowest BCUT2D eigenvalue weighted by molar-refractivity contribution is 0.262. The van der Waals surface area contributed by atoms with Gasteiger partial charge in [0.2, 0.25) is 0 Å². The Balaban J connectivity index is 2.05. The molecule has 0 fully saturated rings. The number of urea groups is 1. The summed E-state index contributed by atoms with van der Waals surface area (Å²) in [7, 11) is 0. The molecule has 2 rings (SSSR count). The van der Waals surface area contributed by atoms with Crippen molar-refractivity contribution in [2.45, 2.75) is 6.54 Å². The molecule has 0 heterocycles. The van der Waals surface area contributed by atoms with E-state index in [9.17, 15) is 13.6 Å². The van der Waals surface area contributed by atoms with Gasteiger partial charge >= 0.3 is 6.03 Å². The predicted octanol–water partition coefficient (Wildman–Crippen LogP) is 3.07. The van der Waals surface area contributed by atoms with Gasteiger partial charge in [-0.2, -0.15) is 0 Å². The molecule has 2 aromatic carbocycles. The number of amides is 2. The minimum atomic E-state index is -0.835. The summed E-state index contributed by atoms with van der Waals surface area (Å²) in [6, 6.07) is 9.43. The van der Waals surface area contributed by atoms with Crippen LogP contribution >= 0.6 is 0 Å². The lowest BCUT2D eigenvalue weighted by Gasteiger charge is -2.09. The number of halogens is 2. The fourth-order valence-electron chi connectivity index (χ4n) is 1.62. The van der Waals surface area contributed by atoms with Gasteiger partial charge in [0.25, 0.3) is 0 Å². The number of anilines is 2. The Hall–Kier alpha value is -2.47. The van der Waals surface area contributed by atoms with E-state index in [4.69, 9.17) is 5.73 Å². The van der Waals surface area contributed by atoms with Gasteiger partial charge in [-0.1, -0.05) is 18.2 Å². The van der Waals surface area contributed by atoms with Crippen LogP contribution in [0.25, 0.3) is 0 Å². The van der Waals surface area contributed by atoms with Crippen molar-refractivity contribution in [1.82, 2.24) is 0 Å². The summed E-state index contributed by atoms with van der Waals surface area (Å²) in [5, 5.41) is 4.60. The van der Waals surface area contributed by atoms with Crippen LogP contribution in [0.3, 0.4) is 0 Å². The first kappa shape index (κ1) is 14.0. The molecule has 0 atom stereocenters. The average Bonchev–Trinajstić information content (AvgIpc) is 2.44. The van der Waals surface area contributed by atoms with Gasteiger partial charge in [0.05, 0.1) is 0 Å². The molecule has 0 aliphatic rings. The zero-order valence-corrected chi connectivity index (χ0v) is 10.5. The van der Waals surface area contributed by atoms with Crippen LogP contribution in [-0.2, 0) is 6.54 Å². The minimum Gasteiger partial charge on any atom is -0.326 e. The van der Waals surface area contributed by atoms with Crippen molar-refractivity contribution in [2.75, 3.05) is 10.6 Å². The van der Waals surface area contributed by atoms with Crippen molar-refractivity contribution < 1.29 is 13.6 Å². The van der Waals surface area contributed by atoms with Gasteiger partial charge in [0.1, 0.15) is 17.3 Å². The van der Waals surface area contributed by atoms with Crippen LogP contribution in [0.2, 0.25) is 0 Å². The smallest absolute Gasteiger partial charge is 0.323 e. The first-order valence-electron chi connectivity index (χ1n) is 5.91. The van der Waals surface area contributed by atoms with E-state index in [0.717, 1.165) is 17.7 Å². The molecule has 0 saturated carbocycles. The number of carbonyl (C=O) groups excluding carboxylic acids is 1. The normalized spacial score (nSPS) is 10.2. The van der Waals surface area contributed by atoms with Crippen LogP contribution in [0, 0.1) is 11.6 Å². The van der Waals surface area contributed by atoms with Crippen molar-refractivity contribution >= 4 is 17.4 Å². The Morgan fingerprint density at radius 3 is 2.15 bits per heavy atom. The molecular formula is C14H13F2N3O. The number of rotatable bonds is 3. The van der Waals surface area contributed by atoms with Crippen LogP contribution in [0.4, 0.5) is 25.0 Å². The summed E-state index contributed by atoms with van der Waals surface area (Å²) in [6.07, 6.45) is 0. The van der Waals surface area contributed by atoms with Crippen molar-refractivity contribution in [3.8, 4) is 0 Å². The van der Waals surface area contributed by atoms with Gasteiger partial charge < -0.3 is 16.4 Å². The summed E-state index contributed by atoms with van der Waals surface area (Å²) in [4.78, 5) is 11.7. The van der Waals surface area contributed by atoms with Crippen molar-refractivity contribution in [2.24, 2.45) is 5.73 Å². The summed E-state index contributed by atoms with van der Waals surface area (Å²) in [6.45, 7) is 0.396. The number of para-hydroxylation sites is 1. The number of hydrogen-bond acceptors (Lipinski definition) is 2. The maximum Gasteiger partial charge on any atom is 0.323 e. The Morgan fingerprint density at radius 1 is 1.00 bits per heavy atom. The summed E-state index contributed by atoms with van der Waals surface area (Å²) < 4.78 is 26.7. The van der Waals surface area contributed by atoms with Crippen LogP contribution in [-0.4, -0.2) is 6.03 Å². The van der Waals surface area contributed by atoms with Crippen LogP contribution in [0.15, 0.2) is 42.5 Å². The fourth-order valence-corrected chi connectivity index (χ4v) is 1.62. The highest BCUT2D eigenvalue weighted by atomic mass is 19.1. The Kier molecular flexibility index (Phi) is 4.27. The molecule has 0 saturated heterocycles. The van der Waals surface area contributed by atoms with Crippen molar-refractivity contribution in [1.29, 1.82) is 0 Å². The van der Waals surface area contributed by atoms with E-state index in [1.165, 1.54) is 6.07 Å². The Labute approximate surface area is 114 Å². The molecule has 0 aliphatic heterocycles. The van der Waals surface area contributed by atoms with E-state index in [1.54, 1.807) is 24.3 Å². The second-order valence-electron chi connectivity index (χ2n) is 4.08. The number of benzene rings is 2. The fraction of sp³-hybridized carbons (Fsp3) is 0.0714. The van der Waals surface area contributed by atoms with Gasteiger partial charge in [-0.25, -0.2) is 13.6 Å². The second kappa shape index (κ2) is 6.12. The average molecular weight is 277 g/mol. The second-order valence-corrected chi connectivity index (χ2v) is 4.08. The maximum absolute atomic E-state index is 13.4.